The average molecular weight is 469 g/mol. The molecular formula is C27H28N6O2. The lowest BCUT2D eigenvalue weighted by atomic mass is 9.96. The molecule has 1 aliphatic rings. The third kappa shape index (κ3) is 5.76. The number of hydrogen-bond donors (Lipinski definition) is 2. The van der Waals surface area contributed by atoms with Crippen LogP contribution in [-0.2, 0) is 4.79 Å². The average Bonchev–Trinajstić information content (AvgIpc) is 2.90. The second-order valence-electron chi connectivity index (χ2n) is 8.35. The number of benzene rings is 2. The molecule has 178 valence electrons. The number of para-hydroxylation sites is 1. The van der Waals surface area contributed by atoms with Gasteiger partial charge in [-0.1, -0.05) is 36.4 Å². The molecule has 0 saturated carbocycles. The van der Waals surface area contributed by atoms with Crippen LogP contribution in [-0.4, -0.2) is 40.4 Å². The van der Waals surface area contributed by atoms with Crippen LogP contribution in [0, 0.1) is 17.2 Å². The van der Waals surface area contributed by atoms with Crippen LogP contribution in [0.2, 0.25) is 0 Å². The Balaban J connectivity index is 1.40. The van der Waals surface area contributed by atoms with E-state index in [2.05, 4.69) is 15.3 Å². The second kappa shape index (κ2) is 11.2. The van der Waals surface area contributed by atoms with E-state index >= 15 is 0 Å². The molecule has 2 aromatic carbocycles. The molecule has 8 heteroatoms. The molecule has 8 nitrogen and oxygen atoms in total. The third-order valence-electron chi connectivity index (χ3n) is 6.10. The zero-order chi connectivity index (χ0) is 24.6. The van der Waals surface area contributed by atoms with Crippen LogP contribution in [0.4, 0.5) is 11.6 Å². The van der Waals surface area contributed by atoms with E-state index in [0.29, 0.717) is 37.2 Å². The maximum atomic E-state index is 12.4. The fraction of sp³-hybridized carbons (Fsp3) is 0.259. The largest absolute Gasteiger partial charge is 0.457 e. The topological polar surface area (TPSA) is 117 Å². The van der Waals surface area contributed by atoms with Gasteiger partial charge in [0.15, 0.2) is 0 Å². The summed E-state index contributed by atoms with van der Waals surface area (Å²) in [5, 5.41) is 12.5. The van der Waals surface area contributed by atoms with Crippen LogP contribution in [0.3, 0.4) is 0 Å². The number of aromatic nitrogens is 2. The van der Waals surface area contributed by atoms with Gasteiger partial charge in [-0.05, 0) is 55.5 Å². The number of anilines is 2. The minimum Gasteiger partial charge on any atom is -0.457 e. The summed E-state index contributed by atoms with van der Waals surface area (Å²) < 4.78 is 5.88. The van der Waals surface area contributed by atoms with Crippen molar-refractivity contribution in [2.75, 3.05) is 30.7 Å². The van der Waals surface area contributed by atoms with Crippen LogP contribution in [0.15, 0.2) is 72.6 Å². The van der Waals surface area contributed by atoms with Crippen LogP contribution in [0.25, 0.3) is 11.1 Å². The van der Waals surface area contributed by atoms with Gasteiger partial charge in [0.05, 0.1) is 5.56 Å². The van der Waals surface area contributed by atoms with Gasteiger partial charge in [-0.15, -0.1) is 0 Å². The SMILES string of the molecule is C/C=C(/C#N)C(=O)N1CCC(CNc2ncnc(N)c2-c2ccc(Oc3ccccc3)cc2)CC1. The molecule has 0 aliphatic carbocycles. The Bertz CT molecular complexity index is 1230. The van der Waals surface area contributed by atoms with Gasteiger partial charge in [0, 0.05) is 19.6 Å². The van der Waals surface area contributed by atoms with E-state index < -0.39 is 0 Å². The Kier molecular flexibility index (Phi) is 7.58. The summed E-state index contributed by atoms with van der Waals surface area (Å²) in [6.07, 6.45) is 4.72. The minimum absolute atomic E-state index is 0.188. The molecule has 0 atom stereocenters. The lowest BCUT2D eigenvalue weighted by molar-refractivity contribution is -0.128. The van der Waals surface area contributed by atoms with Gasteiger partial charge in [0.2, 0.25) is 0 Å². The first-order chi connectivity index (χ1) is 17.1. The fourth-order valence-electron chi connectivity index (χ4n) is 4.12. The molecule has 1 amide bonds. The monoisotopic (exact) mass is 468 g/mol. The van der Waals surface area contributed by atoms with Crippen molar-refractivity contribution in [2.45, 2.75) is 19.8 Å². The van der Waals surface area contributed by atoms with Crippen molar-refractivity contribution in [3.05, 3.63) is 72.6 Å². The van der Waals surface area contributed by atoms with E-state index in [0.717, 1.165) is 35.5 Å². The number of amides is 1. The lowest BCUT2D eigenvalue weighted by Crippen LogP contribution is -2.40. The van der Waals surface area contributed by atoms with Gasteiger partial charge < -0.3 is 20.7 Å². The first-order valence-corrected chi connectivity index (χ1v) is 11.6. The van der Waals surface area contributed by atoms with Crippen molar-refractivity contribution in [2.24, 2.45) is 5.92 Å². The maximum Gasteiger partial charge on any atom is 0.264 e. The molecule has 1 aromatic heterocycles. The van der Waals surface area contributed by atoms with Crippen LogP contribution in [0.5, 0.6) is 11.5 Å². The summed E-state index contributed by atoms with van der Waals surface area (Å²) in [5.41, 5.74) is 8.07. The Labute approximate surface area is 205 Å². The van der Waals surface area contributed by atoms with Crippen molar-refractivity contribution in [3.63, 3.8) is 0 Å². The van der Waals surface area contributed by atoms with Gasteiger partial charge in [0.25, 0.3) is 5.91 Å². The number of nitrogens with two attached hydrogens (primary N) is 1. The summed E-state index contributed by atoms with van der Waals surface area (Å²) in [6, 6.07) is 19.3. The number of nitrogen functional groups attached to an aromatic ring is 1. The molecule has 1 aliphatic heterocycles. The molecule has 2 heterocycles. The van der Waals surface area contributed by atoms with E-state index in [1.54, 1.807) is 17.9 Å². The summed E-state index contributed by atoms with van der Waals surface area (Å²) in [7, 11) is 0. The number of nitrogens with one attached hydrogen (secondary N) is 1. The maximum absolute atomic E-state index is 12.4. The summed E-state index contributed by atoms with van der Waals surface area (Å²) >= 11 is 0. The number of likely N-dealkylation sites (tertiary alicyclic amines) is 1. The fourth-order valence-corrected chi connectivity index (χ4v) is 4.12. The van der Waals surface area contributed by atoms with Crippen LogP contribution in [0.1, 0.15) is 19.8 Å². The number of piperidine rings is 1. The van der Waals surface area contributed by atoms with E-state index in [-0.39, 0.29) is 11.5 Å². The van der Waals surface area contributed by atoms with Crippen molar-refractivity contribution in [1.29, 1.82) is 5.26 Å². The summed E-state index contributed by atoms with van der Waals surface area (Å²) in [6.45, 7) is 3.68. The molecule has 0 bridgehead atoms. The smallest absolute Gasteiger partial charge is 0.264 e. The normalized spacial score (nSPS) is 14.3. The first-order valence-electron chi connectivity index (χ1n) is 11.6. The number of rotatable bonds is 7. The van der Waals surface area contributed by atoms with Crippen molar-refractivity contribution < 1.29 is 9.53 Å². The molecule has 1 saturated heterocycles. The number of allylic oxidation sites excluding steroid dienone is 1. The van der Waals surface area contributed by atoms with E-state index in [1.807, 2.05) is 60.7 Å². The zero-order valence-corrected chi connectivity index (χ0v) is 19.6. The molecule has 0 radical (unpaired) electrons. The highest BCUT2D eigenvalue weighted by molar-refractivity contribution is 5.97. The quantitative estimate of drug-likeness (QED) is 0.383. The number of ether oxygens (including phenoxy) is 1. The lowest BCUT2D eigenvalue weighted by Gasteiger charge is -2.32. The Morgan fingerprint density at radius 2 is 1.83 bits per heavy atom. The number of nitriles is 1. The Morgan fingerprint density at radius 1 is 1.14 bits per heavy atom. The number of hydrogen-bond acceptors (Lipinski definition) is 7. The molecule has 3 aromatic rings. The molecular weight excluding hydrogens is 440 g/mol. The van der Waals surface area contributed by atoms with Gasteiger partial charge in [-0.25, -0.2) is 9.97 Å². The summed E-state index contributed by atoms with van der Waals surface area (Å²) in [5.74, 6) is 2.76. The van der Waals surface area contributed by atoms with Gasteiger partial charge in [-0.3, -0.25) is 4.79 Å². The highest BCUT2D eigenvalue weighted by Crippen LogP contribution is 2.33. The highest BCUT2D eigenvalue weighted by atomic mass is 16.5. The predicted octanol–water partition coefficient (Wildman–Crippen LogP) is 4.64. The standard InChI is InChI=1S/C27H28N6O2/c1-2-20(16-28)27(34)33-14-12-19(13-15-33)17-30-26-24(25(29)31-18-32-26)21-8-10-23(11-9-21)35-22-6-4-3-5-7-22/h2-11,18-19H,12-15,17H2,1H3,(H3,29,30,31,32)/b20-2-. The molecule has 0 unspecified atom stereocenters. The van der Waals surface area contributed by atoms with Crippen LogP contribution >= 0.6 is 0 Å². The molecule has 1 fully saturated rings. The van der Waals surface area contributed by atoms with Crippen LogP contribution < -0.4 is 15.8 Å². The molecule has 4 rings (SSSR count). The third-order valence-corrected chi connectivity index (χ3v) is 6.10. The van der Waals surface area contributed by atoms with E-state index in [1.165, 1.54) is 6.33 Å². The Hall–Kier alpha value is -4.38. The second-order valence-corrected chi connectivity index (χ2v) is 8.35. The first kappa shape index (κ1) is 23.8. The number of carbonyl (C=O) groups is 1. The summed E-state index contributed by atoms with van der Waals surface area (Å²) in [4.78, 5) is 22.8. The predicted molar refractivity (Wildman–Crippen MR) is 136 cm³/mol. The van der Waals surface area contributed by atoms with Crippen molar-refractivity contribution >= 4 is 17.5 Å². The van der Waals surface area contributed by atoms with E-state index in [9.17, 15) is 4.79 Å². The van der Waals surface area contributed by atoms with Gasteiger partial charge in [-0.2, -0.15) is 5.26 Å². The Morgan fingerprint density at radius 3 is 2.49 bits per heavy atom. The molecule has 0 spiro atoms. The molecule has 3 N–H and O–H groups in total. The molecule has 35 heavy (non-hydrogen) atoms. The highest BCUT2D eigenvalue weighted by Gasteiger charge is 2.25. The van der Waals surface area contributed by atoms with E-state index in [4.69, 9.17) is 15.7 Å². The van der Waals surface area contributed by atoms with Gasteiger partial charge >= 0.3 is 0 Å². The van der Waals surface area contributed by atoms with Crippen molar-refractivity contribution in [3.8, 4) is 28.7 Å². The number of carbonyl (C=O) groups excluding carboxylic acids is 1. The van der Waals surface area contributed by atoms with Crippen molar-refractivity contribution in [1.82, 2.24) is 14.9 Å². The zero-order valence-electron chi connectivity index (χ0n) is 19.6. The minimum atomic E-state index is -0.188. The number of nitrogens with zero attached hydrogens (tertiary/aromatic N) is 4. The van der Waals surface area contributed by atoms with Gasteiger partial charge in [0.1, 0.15) is 41.1 Å².